The van der Waals surface area contributed by atoms with Crippen molar-refractivity contribution in [3.63, 3.8) is 0 Å². The van der Waals surface area contributed by atoms with Gasteiger partial charge in [0.15, 0.2) is 0 Å². The van der Waals surface area contributed by atoms with E-state index in [4.69, 9.17) is 4.74 Å². The number of nitrogens with zero attached hydrogens (tertiary/aromatic N) is 1. The number of likely N-dealkylation sites (tertiary alicyclic amines) is 1. The number of hydrogen-bond donors (Lipinski definition) is 1. The van der Waals surface area contributed by atoms with E-state index in [1.54, 1.807) is 7.11 Å². The Morgan fingerprint density at radius 3 is 2.60 bits per heavy atom. The first kappa shape index (κ1) is 12.9. The first-order chi connectivity index (χ1) is 6.93. The van der Waals surface area contributed by atoms with Crippen molar-refractivity contribution >= 4 is 0 Å². The van der Waals surface area contributed by atoms with Gasteiger partial charge in [-0.15, -0.1) is 0 Å². The molecular weight excluding hydrogens is 190 g/mol. The fraction of sp³-hybridized carbons (Fsp3) is 1.00. The van der Waals surface area contributed by atoms with E-state index < -0.39 is 0 Å². The van der Waals surface area contributed by atoms with Crippen LogP contribution in [0.2, 0.25) is 0 Å². The lowest BCUT2D eigenvalue weighted by molar-refractivity contribution is 0.0452. The van der Waals surface area contributed by atoms with Crippen LogP contribution in [0.5, 0.6) is 0 Å². The highest BCUT2D eigenvalue weighted by molar-refractivity contribution is 4.79. The summed E-state index contributed by atoms with van der Waals surface area (Å²) in [6, 6.07) is 0. The molecule has 0 amide bonds. The first-order valence-electron chi connectivity index (χ1n) is 5.86. The van der Waals surface area contributed by atoms with Gasteiger partial charge in [0, 0.05) is 26.7 Å². The number of aliphatic hydroxyl groups excluding tert-OH is 1. The summed E-state index contributed by atoms with van der Waals surface area (Å²) >= 11 is 0. The molecule has 0 aromatic rings. The van der Waals surface area contributed by atoms with Crippen LogP contribution in [0.15, 0.2) is 0 Å². The molecule has 1 fully saturated rings. The SMILES string of the molecule is COC1CCN(CCC(O)C(C)(C)C)C1. The van der Waals surface area contributed by atoms with Gasteiger partial charge in [0.1, 0.15) is 0 Å². The molecule has 0 aromatic carbocycles. The third-order valence-corrected chi connectivity index (χ3v) is 3.28. The van der Waals surface area contributed by atoms with Crippen molar-refractivity contribution in [2.75, 3.05) is 26.7 Å². The Morgan fingerprint density at radius 1 is 1.47 bits per heavy atom. The predicted octanol–water partition coefficient (Wildman–Crippen LogP) is 1.50. The number of rotatable bonds is 4. The zero-order valence-corrected chi connectivity index (χ0v) is 10.5. The summed E-state index contributed by atoms with van der Waals surface area (Å²) in [4.78, 5) is 2.38. The van der Waals surface area contributed by atoms with Crippen LogP contribution >= 0.6 is 0 Å². The molecule has 1 N–H and O–H groups in total. The molecule has 3 nitrogen and oxygen atoms in total. The zero-order chi connectivity index (χ0) is 11.5. The van der Waals surface area contributed by atoms with Gasteiger partial charge in [-0.2, -0.15) is 0 Å². The van der Waals surface area contributed by atoms with Crippen molar-refractivity contribution in [2.24, 2.45) is 5.41 Å². The summed E-state index contributed by atoms with van der Waals surface area (Å²) in [6.07, 6.45) is 2.18. The average molecular weight is 215 g/mol. The first-order valence-corrected chi connectivity index (χ1v) is 5.86. The van der Waals surface area contributed by atoms with Crippen molar-refractivity contribution in [2.45, 2.75) is 45.8 Å². The molecular formula is C12H25NO2. The van der Waals surface area contributed by atoms with Gasteiger partial charge in [0.25, 0.3) is 0 Å². The summed E-state index contributed by atoms with van der Waals surface area (Å²) in [5.74, 6) is 0. The molecule has 2 unspecified atom stereocenters. The molecule has 15 heavy (non-hydrogen) atoms. The van der Waals surface area contributed by atoms with Crippen LogP contribution in [0, 0.1) is 5.41 Å². The quantitative estimate of drug-likeness (QED) is 0.771. The normalized spacial score (nSPS) is 25.8. The Kier molecular flexibility index (Phi) is 4.56. The van der Waals surface area contributed by atoms with Crippen LogP contribution in [-0.2, 0) is 4.74 Å². The minimum Gasteiger partial charge on any atom is -0.393 e. The van der Waals surface area contributed by atoms with Crippen LogP contribution in [0.1, 0.15) is 33.6 Å². The highest BCUT2D eigenvalue weighted by atomic mass is 16.5. The summed E-state index contributed by atoms with van der Waals surface area (Å²) in [7, 11) is 1.78. The Labute approximate surface area is 93.4 Å². The van der Waals surface area contributed by atoms with E-state index in [1.807, 2.05) is 0 Å². The van der Waals surface area contributed by atoms with Crippen LogP contribution in [0.25, 0.3) is 0 Å². The minimum absolute atomic E-state index is 0.000379. The monoisotopic (exact) mass is 215 g/mol. The lowest BCUT2D eigenvalue weighted by Gasteiger charge is -2.27. The maximum atomic E-state index is 9.91. The van der Waals surface area contributed by atoms with Gasteiger partial charge < -0.3 is 14.7 Å². The molecule has 1 aliphatic rings. The fourth-order valence-corrected chi connectivity index (χ4v) is 1.93. The molecule has 0 radical (unpaired) electrons. The summed E-state index contributed by atoms with van der Waals surface area (Å²) in [6.45, 7) is 9.36. The van der Waals surface area contributed by atoms with Gasteiger partial charge in [-0.1, -0.05) is 20.8 Å². The van der Waals surface area contributed by atoms with Gasteiger partial charge in [0.2, 0.25) is 0 Å². The predicted molar refractivity (Wildman–Crippen MR) is 61.9 cm³/mol. The second kappa shape index (κ2) is 5.28. The van der Waals surface area contributed by atoms with Crippen molar-refractivity contribution in [1.29, 1.82) is 0 Å². The second-order valence-corrected chi connectivity index (χ2v) is 5.62. The van der Waals surface area contributed by atoms with Crippen LogP contribution in [-0.4, -0.2) is 49.0 Å². The average Bonchev–Trinajstić information content (AvgIpc) is 2.60. The Bertz CT molecular complexity index is 189. The van der Waals surface area contributed by atoms with Gasteiger partial charge in [-0.3, -0.25) is 0 Å². The van der Waals surface area contributed by atoms with E-state index >= 15 is 0 Å². The molecule has 1 heterocycles. The smallest absolute Gasteiger partial charge is 0.0710 e. The molecule has 1 saturated heterocycles. The third kappa shape index (κ3) is 4.09. The van der Waals surface area contributed by atoms with E-state index in [9.17, 15) is 5.11 Å². The molecule has 0 saturated carbocycles. The standard InChI is InChI=1S/C12H25NO2/c1-12(2,3)11(14)6-8-13-7-5-10(9-13)15-4/h10-11,14H,5-9H2,1-4H3. The number of aliphatic hydroxyl groups is 1. The number of methoxy groups -OCH3 is 1. The van der Waals surface area contributed by atoms with Crippen molar-refractivity contribution in [1.82, 2.24) is 4.90 Å². The largest absolute Gasteiger partial charge is 0.393 e. The molecule has 0 aromatic heterocycles. The molecule has 0 spiro atoms. The molecule has 2 atom stereocenters. The maximum absolute atomic E-state index is 9.91. The Morgan fingerprint density at radius 2 is 2.13 bits per heavy atom. The van der Waals surface area contributed by atoms with Gasteiger partial charge >= 0.3 is 0 Å². The topological polar surface area (TPSA) is 32.7 Å². The molecule has 1 rings (SSSR count). The molecule has 0 bridgehead atoms. The highest BCUT2D eigenvalue weighted by Crippen LogP contribution is 2.22. The van der Waals surface area contributed by atoms with E-state index in [1.165, 1.54) is 0 Å². The second-order valence-electron chi connectivity index (χ2n) is 5.62. The van der Waals surface area contributed by atoms with Crippen LogP contribution in [0.3, 0.4) is 0 Å². The van der Waals surface area contributed by atoms with E-state index in [-0.39, 0.29) is 11.5 Å². The third-order valence-electron chi connectivity index (χ3n) is 3.28. The van der Waals surface area contributed by atoms with Crippen molar-refractivity contribution in [3.05, 3.63) is 0 Å². The van der Waals surface area contributed by atoms with E-state index in [0.717, 1.165) is 32.5 Å². The lowest BCUT2D eigenvalue weighted by atomic mass is 9.87. The Balaban J connectivity index is 2.21. The van der Waals surface area contributed by atoms with E-state index in [0.29, 0.717) is 6.10 Å². The molecule has 90 valence electrons. The maximum Gasteiger partial charge on any atom is 0.0710 e. The van der Waals surface area contributed by atoms with Gasteiger partial charge in [-0.05, 0) is 18.3 Å². The van der Waals surface area contributed by atoms with E-state index in [2.05, 4.69) is 25.7 Å². The zero-order valence-electron chi connectivity index (χ0n) is 10.5. The fourth-order valence-electron chi connectivity index (χ4n) is 1.93. The molecule has 1 aliphatic heterocycles. The summed E-state index contributed by atoms with van der Waals surface area (Å²) in [5.41, 5.74) is 0.000379. The number of hydrogen-bond acceptors (Lipinski definition) is 3. The summed E-state index contributed by atoms with van der Waals surface area (Å²) in [5, 5.41) is 9.91. The number of ether oxygens (including phenoxy) is 1. The molecule has 3 heteroatoms. The van der Waals surface area contributed by atoms with Crippen molar-refractivity contribution < 1.29 is 9.84 Å². The Hall–Kier alpha value is -0.120. The van der Waals surface area contributed by atoms with Crippen molar-refractivity contribution in [3.8, 4) is 0 Å². The van der Waals surface area contributed by atoms with Gasteiger partial charge in [-0.25, -0.2) is 0 Å². The van der Waals surface area contributed by atoms with Crippen LogP contribution in [0.4, 0.5) is 0 Å². The lowest BCUT2D eigenvalue weighted by Crippen LogP contribution is -2.32. The van der Waals surface area contributed by atoms with Crippen LogP contribution < -0.4 is 0 Å². The summed E-state index contributed by atoms with van der Waals surface area (Å²) < 4.78 is 5.31. The highest BCUT2D eigenvalue weighted by Gasteiger charge is 2.25. The van der Waals surface area contributed by atoms with Gasteiger partial charge in [0.05, 0.1) is 12.2 Å². The molecule has 0 aliphatic carbocycles. The minimum atomic E-state index is -0.209.